The van der Waals surface area contributed by atoms with Crippen LogP contribution in [0.1, 0.15) is 24.2 Å². The average molecular weight is 342 g/mol. The van der Waals surface area contributed by atoms with Crippen molar-refractivity contribution in [1.82, 2.24) is 0 Å². The van der Waals surface area contributed by atoms with Gasteiger partial charge in [-0.2, -0.15) is 0 Å². The van der Waals surface area contributed by atoms with Gasteiger partial charge in [-0.1, -0.05) is 23.2 Å². The standard InChI is InChI=1S/C13H15Cl3O4/c1-3-18-10(19-4-2)7-20-12-9(14)6-5-8(11(12)15)13(16)17/h5-6,10H,3-4,7H2,1-2H3. The van der Waals surface area contributed by atoms with E-state index in [-0.39, 0.29) is 28.0 Å². The number of carbonyl (C=O) groups is 1. The number of carbonyl (C=O) groups excluding carboxylic acids is 1. The molecular weight excluding hydrogens is 326 g/mol. The second kappa shape index (κ2) is 8.70. The lowest BCUT2D eigenvalue weighted by Crippen LogP contribution is -2.25. The molecule has 0 atom stereocenters. The zero-order valence-corrected chi connectivity index (χ0v) is 13.4. The van der Waals surface area contributed by atoms with Crippen molar-refractivity contribution in [2.45, 2.75) is 20.1 Å². The molecule has 0 unspecified atom stereocenters. The Morgan fingerprint density at radius 3 is 2.30 bits per heavy atom. The summed E-state index contributed by atoms with van der Waals surface area (Å²) in [6, 6.07) is 2.93. The lowest BCUT2D eigenvalue weighted by atomic mass is 10.2. The first-order chi connectivity index (χ1) is 9.51. The molecule has 1 aromatic rings. The minimum Gasteiger partial charge on any atom is -0.485 e. The highest BCUT2D eigenvalue weighted by Crippen LogP contribution is 2.36. The Balaban J connectivity index is 2.85. The van der Waals surface area contributed by atoms with E-state index in [9.17, 15) is 4.79 Å². The molecule has 0 aromatic heterocycles. The molecular formula is C13H15Cl3O4. The molecule has 0 saturated heterocycles. The summed E-state index contributed by atoms with van der Waals surface area (Å²) in [7, 11) is 0. The zero-order valence-electron chi connectivity index (χ0n) is 11.1. The summed E-state index contributed by atoms with van der Waals surface area (Å²) in [5.41, 5.74) is 0.136. The maximum Gasteiger partial charge on any atom is 0.254 e. The van der Waals surface area contributed by atoms with Gasteiger partial charge in [-0.15, -0.1) is 0 Å². The van der Waals surface area contributed by atoms with Gasteiger partial charge in [0.25, 0.3) is 5.24 Å². The van der Waals surface area contributed by atoms with E-state index < -0.39 is 11.5 Å². The number of ether oxygens (including phenoxy) is 3. The van der Waals surface area contributed by atoms with E-state index >= 15 is 0 Å². The van der Waals surface area contributed by atoms with Gasteiger partial charge in [0.15, 0.2) is 12.0 Å². The predicted molar refractivity (Wildman–Crippen MR) is 79.2 cm³/mol. The molecule has 0 spiro atoms. The number of hydrogen-bond acceptors (Lipinski definition) is 4. The van der Waals surface area contributed by atoms with Crippen LogP contribution in [-0.4, -0.2) is 31.4 Å². The summed E-state index contributed by atoms with van der Waals surface area (Å²) < 4.78 is 16.2. The Bertz CT molecular complexity index is 459. The highest BCUT2D eigenvalue weighted by atomic mass is 35.5. The molecule has 20 heavy (non-hydrogen) atoms. The minimum absolute atomic E-state index is 0.0734. The van der Waals surface area contributed by atoms with Crippen molar-refractivity contribution in [2.24, 2.45) is 0 Å². The topological polar surface area (TPSA) is 44.8 Å². The first-order valence-corrected chi connectivity index (χ1v) is 7.18. The van der Waals surface area contributed by atoms with Crippen LogP contribution in [0.25, 0.3) is 0 Å². The maximum absolute atomic E-state index is 11.2. The van der Waals surface area contributed by atoms with Gasteiger partial charge in [0, 0.05) is 13.2 Å². The van der Waals surface area contributed by atoms with E-state index in [0.717, 1.165) is 0 Å². The molecule has 0 bridgehead atoms. The largest absolute Gasteiger partial charge is 0.485 e. The highest BCUT2D eigenvalue weighted by molar-refractivity contribution is 6.69. The van der Waals surface area contributed by atoms with Crippen molar-refractivity contribution >= 4 is 40.0 Å². The second-order valence-electron chi connectivity index (χ2n) is 3.66. The van der Waals surface area contributed by atoms with Crippen molar-refractivity contribution in [3.8, 4) is 5.75 Å². The third-order valence-electron chi connectivity index (χ3n) is 2.33. The van der Waals surface area contributed by atoms with Gasteiger partial charge in [0.05, 0.1) is 15.6 Å². The van der Waals surface area contributed by atoms with E-state index in [2.05, 4.69) is 0 Å². The van der Waals surface area contributed by atoms with E-state index in [0.29, 0.717) is 13.2 Å². The molecule has 0 N–H and O–H groups in total. The monoisotopic (exact) mass is 340 g/mol. The Hall–Kier alpha value is -0.520. The summed E-state index contributed by atoms with van der Waals surface area (Å²) in [5.74, 6) is 0.184. The fraction of sp³-hybridized carbons (Fsp3) is 0.462. The van der Waals surface area contributed by atoms with Gasteiger partial charge >= 0.3 is 0 Å². The van der Waals surface area contributed by atoms with Gasteiger partial charge in [-0.05, 0) is 37.6 Å². The Labute approximate surface area is 132 Å². The Morgan fingerprint density at radius 2 is 1.80 bits per heavy atom. The van der Waals surface area contributed by atoms with Crippen LogP contribution in [0.4, 0.5) is 0 Å². The SMILES string of the molecule is CCOC(COc1c(Cl)ccc(C(=O)Cl)c1Cl)OCC. The molecule has 0 aliphatic heterocycles. The maximum atomic E-state index is 11.2. The molecule has 0 amide bonds. The van der Waals surface area contributed by atoms with E-state index in [4.69, 9.17) is 49.0 Å². The van der Waals surface area contributed by atoms with Crippen molar-refractivity contribution in [3.05, 3.63) is 27.7 Å². The smallest absolute Gasteiger partial charge is 0.254 e. The molecule has 4 nitrogen and oxygen atoms in total. The Morgan fingerprint density at radius 1 is 1.20 bits per heavy atom. The Kier molecular flexibility index (Phi) is 7.62. The molecule has 0 aliphatic carbocycles. The molecule has 1 aromatic carbocycles. The normalized spacial score (nSPS) is 10.9. The summed E-state index contributed by atoms with van der Waals surface area (Å²) in [5, 5.41) is -0.324. The van der Waals surface area contributed by atoms with E-state index in [1.54, 1.807) is 0 Å². The van der Waals surface area contributed by atoms with E-state index in [1.165, 1.54) is 12.1 Å². The molecule has 1 rings (SSSR count). The van der Waals surface area contributed by atoms with Crippen molar-refractivity contribution < 1.29 is 19.0 Å². The van der Waals surface area contributed by atoms with Gasteiger partial charge in [0.1, 0.15) is 6.61 Å². The van der Waals surface area contributed by atoms with Gasteiger partial charge < -0.3 is 14.2 Å². The van der Waals surface area contributed by atoms with Crippen LogP contribution in [0.5, 0.6) is 5.75 Å². The van der Waals surface area contributed by atoms with Crippen LogP contribution in [0.3, 0.4) is 0 Å². The van der Waals surface area contributed by atoms with Crippen molar-refractivity contribution in [1.29, 1.82) is 0 Å². The molecule has 0 radical (unpaired) electrons. The summed E-state index contributed by atoms with van der Waals surface area (Å²) in [6.07, 6.45) is -0.535. The van der Waals surface area contributed by atoms with Gasteiger partial charge in [-0.3, -0.25) is 4.79 Å². The first kappa shape index (κ1) is 17.5. The van der Waals surface area contributed by atoms with Gasteiger partial charge in [0.2, 0.25) is 0 Å². The number of hydrogen-bond donors (Lipinski definition) is 0. The minimum atomic E-state index is -0.678. The zero-order chi connectivity index (χ0) is 15.1. The van der Waals surface area contributed by atoms with Crippen molar-refractivity contribution in [2.75, 3.05) is 19.8 Å². The third-order valence-corrected chi connectivity index (χ3v) is 3.21. The lowest BCUT2D eigenvalue weighted by Gasteiger charge is -2.18. The molecule has 0 aliphatic rings. The first-order valence-electron chi connectivity index (χ1n) is 6.05. The van der Waals surface area contributed by atoms with E-state index in [1.807, 2.05) is 13.8 Å². The van der Waals surface area contributed by atoms with Crippen LogP contribution in [-0.2, 0) is 9.47 Å². The summed E-state index contributed by atoms with van der Waals surface area (Å²) in [6.45, 7) is 4.75. The number of benzene rings is 1. The molecule has 7 heteroatoms. The number of rotatable bonds is 8. The molecule has 0 heterocycles. The lowest BCUT2D eigenvalue weighted by molar-refractivity contribution is -0.152. The van der Waals surface area contributed by atoms with Gasteiger partial charge in [-0.25, -0.2) is 0 Å². The number of halogens is 3. The van der Waals surface area contributed by atoms with Crippen molar-refractivity contribution in [3.63, 3.8) is 0 Å². The molecule has 112 valence electrons. The quantitative estimate of drug-likeness (QED) is 0.526. The highest BCUT2D eigenvalue weighted by Gasteiger charge is 2.18. The summed E-state index contributed by atoms with van der Waals surface area (Å²) in [4.78, 5) is 11.2. The predicted octanol–water partition coefficient (Wildman–Crippen LogP) is 4.15. The fourth-order valence-corrected chi connectivity index (χ4v) is 2.26. The van der Waals surface area contributed by atoms with Crippen LogP contribution in [0.2, 0.25) is 10.0 Å². The molecule has 0 fully saturated rings. The van der Waals surface area contributed by atoms with Crippen LogP contribution in [0.15, 0.2) is 12.1 Å². The third kappa shape index (κ3) is 4.79. The van der Waals surface area contributed by atoms with Crippen LogP contribution in [0, 0.1) is 0 Å². The van der Waals surface area contributed by atoms with Crippen LogP contribution >= 0.6 is 34.8 Å². The van der Waals surface area contributed by atoms with Crippen LogP contribution < -0.4 is 4.74 Å². The summed E-state index contributed by atoms with van der Waals surface area (Å²) >= 11 is 17.5. The molecule has 0 saturated carbocycles. The average Bonchev–Trinajstić information content (AvgIpc) is 2.38. The fourth-order valence-electron chi connectivity index (χ4n) is 1.48. The second-order valence-corrected chi connectivity index (χ2v) is 4.79.